The molecule has 0 aliphatic rings. The zero-order valence-corrected chi connectivity index (χ0v) is 8.11. The number of ether oxygens (including phenoxy) is 1. The van der Waals surface area contributed by atoms with Crippen LogP contribution in [0.25, 0.3) is 0 Å². The molecule has 1 aromatic heterocycles. The highest BCUT2D eigenvalue weighted by atomic mass is 79.9. The van der Waals surface area contributed by atoms with Gasteiger partial charge >= 0.3 is 0 Å². The fraction of sp³-hybridized carbons (Fsp3) is 0.167. The maximum absolute atomic E-state index is 5.68. The third-order valence-electron chi connectivity index (χ3n) is 1.14. The third kappa shape index (κ3) is 1.75. The second-order valence-corrected chi connectivity index (χ2v) is 2.97. The first-order valence-electron chi connectivity index (χ1n) is 2.80. The van der Waals surface area contributed by atoms with Crippen LogP contribution in [0.15, 0.2) is 10.7 Å². The molecule has 3 nitrogen and oxygen atoms in total. The summed E-state index contributed by atoms with van der Waals surface area (Å²) in [5, 5.41) is 0.300. The second kappa shape index (κ2) is 3.28. The molecule has 0 aromatic carbocycles. The van der Waals surface area contributed by atoms with E-state index in [9.17, 15) is 0 Å². The van der Waals surface area contributed by atoms with E-state index in [1.807, 2.05) is 0 Å². The normalized spacial score (nSPS) is 9.73. The van der Waals surface area contributed by atoms with Crippen LogP contribution in [0.1, 0.15) is 0 Å². The minimum Gasteiger partial charge on any atom is -0.493 e. The molecule has 1 heterocycles. The highest BCUT2D eigenvalue weighted by Crippen LogP contribution is 2.28. The smallest absolute Gasteiger partial charge is 0.172 e. The Labute approximate surface area is 77.6 Å². The first-order valence-corrected chi connectivity index (χ1v) is 3.97. The SMILES string of the molecule is COc1cc(N)c(Br)nc1Cl. The number of anilines is 1. The molecule has 0 amide bonds. The van der Waals surface area contributed by atoms with Gasteiger partial charge in [0.05, 0.1) is 12.8 Å². The topological polar surface area (TPSA) is 48.1 Å². The van der Waals surface area contributed by atoms with Crippen molar-refractivity contribution in [1.82, 2.24) is 4.98 Å². The Morgan fingerprint density at radius 2 is 2.36 bits per heavy atom. The molecule has 0 fully saturated rings. The summed E-state index contributed by atoms with van der Waals surface area (Å²) in [6.45, 7) is 0. The van der Waals surface area contributed by atoms with Crippen LogP contribution in [0.2, 0.25) is 5.15 Å². The molecule has 0 spiro atoms. The van der Waals surface area contributed by atoms with Gasteiger partial charge < -0.3 is 10.5 Å². The quantitative estimate of drug-likeness (QED) is 0.761. The molecule has 0 unspecified atom stereocenters. The van der Waals surface area contributed by atoms with Crippen molar-refractivity contribution in [3.63, 3.8) is 0 Å². The highest BCUT2D eigenvalue weighted by Gasteiger charge is 2.05. The molecular formula is C6H6BrClN2O. The van der Waals surface area contributed by atoms with Crippen LogP contribution < -0.4 is 10.5 Å². The number of aromatic nitrogens is 1. The summed E-state index contributed by atoms with van der Waals surface area (Å²) in [5.41, 5.74) is 6.02. The fourth-order valence-electron chi connectivity index (χ4n) is 0.609. The summed E-state index contributed by atoms with van der Waals surface area (Å²) in [6, 6.07) is 1.61. The van der Waals surface area contributed by atoms with Gasteiger partial charge in [0.25, 0.3) is 0 Å². The Kier molecular flexibility index (Phi) is 2.57. The average molecular weight is 237 g/mol. The lowest BCUT2D eigenvalue weighted by Crippen LogP contribution is -1.93. The predicted octanol–water partition coefficient (Wildman–Crippen LogP) is 2.09. The first kappa shape index (κ1) is 8.62. The molecule has 0 aliphatic carbocycles. The van der Waals surface area contributed by atoms with Crippen molar-refractivity contribution in [3.8, 4) is 5.75 Å². The largest absolute Gasteiger partial charge is 0.493 e. The van der Waals surface area contributed by atoms with Gasteiger partial charge in [-0.25, -0.2) is 4.98 Å². The molecule has 0 saturated carbocycles. The average Bonchev–Trinajstić information content (AvgIpc) is 1.97. The van der Waals surface area contributed by atoms with E-state index in [4.69, 9.17) is 22.1 Å². The van der Waals surface area contributed by atoms with Gasteiger partial charge in [-0.2, -0.15) is 0 Å². The van der Waals surface area contributed by atoms with Gasteiger partial charge in [-0.3, -0.25) is 0 Å². The van der Waals surface area contributed by atoms with Crippen molar-refractivity contribution in [1.29, 1.82) is 0 Å². The number of halogens is 2. The molecule has 0 atom stereocenters. The van der Waals surface area contributed by atoms with E-state index in [2.05, 4.69) is 20.9 Å². The zero-order valence-electron chi connectivity index (χ0n) is 5.77. The lowest BCUT2D eigenvalue weighted by molar-refractivity contribution is 0.413. The molecule has 1 aromatic rings. The number of nitrogen functional groups attached to an aromatic ring is 1. The minimum atomic E-state index is 0.300. The minimum absolute atomic E-state index is 0.300. The number of nitrogens with two attached hydrogens (primary N) is 1. The lowest BCUT2D eigenvalue weighted by Gasteiger charge is -2.03. The van der Waals surface area contributed by atoms with Crippen LogP contribution in [0.4, 0.5) is 5.69 Å². The van der Waals surface area contributed by atoms with Crippen molar-refractivity contribution in [2.75, 3.05) is 12.8 Å². The molecular weight excluding hydrogens is 231 g/mol. The Bertz CT molecular complexity index is 280. The number of pyridine rings is 1. The number of nitrogens with zero attached hydrogens (tertiary/aromatic N) is 1. The van der Waals surface area contributed by atoms with Gasteiger partial charge in [-0.1, -0.05) is 11.6 Å². The van der Waals surface area contributed by atoms with Crippen molar-refractivity contribution >= 4 is 33.2 Å². The van der Waals surface area contributed by atoms with E-state index in [-0.39, 0.29) is 0 Å². The van der Waals surface area contributed by atoms with Crippen LogP contribution in [0.5, 0.6) is 5.75 Å². The van der Waals surface area contributed by atoms with Gasteiger partial charge in [-0.15, -0.1) is 0 Å². The summed E-state index contributed by atoms with van der Waals surface area (Å²) in [6.07, 6.45) is 0. The van der Waals surface area contributed by atoms with Gasteiger partial charge in [0.15, 0.2) is 10.9 Å². The Balaban J connectivity index is 3.21. The molecule has 0 aliphatic heterocycles. The second-order valence-electron chi connectivity index (χ2n) is 1.86. The molecule has 11 heavy (non-hydrogen) atoms. The molecule has 5 heteroatoms. The number of rotatable bonds is 1. The van der Waals surface area contributed by atoms with Crippen LogP contribution in [-0.2, 0) is 0 Å². The van der Waals surface area contributed by atoms with Crippen molar-refractivity contribution in [2.24, 2.45) is 0 Å². The lowest BCUT2D eigenvalue weighted by atomic mass is 10.4. The highest BCUT2D eigenvalue weighted by molar-refractivity contribution is 9.10. The monoisotopic (exact) mass is 236 g/mol. The van der Waals surface area contributed by atoms with E-state index >= 15 is 0 Å². The van der Waals surface area contributed by atoms with Gasteiger partial charge in [0.2, 0.25) is 0 Å². The summed E-state index contributed by atoms with van der Waals surface area (Å²) in [4.78, 5) is 3.88. The summed E-state index contributed by atoms with van der Waals surface area (Å²) in [7, 11) is 1.51. The van der Waals surface area contributed by atoms with Crippen LogP contribution in [-0.4, -0.2) is 12.1 Å². The maximum atomic E-state index is 5.68. The van der Waals surface area contributed by atoms with Crippen molar-refractivity contribution < 1.29 is 4.74 Å². The molecule has 0 radical (unpaired) electrons. The Morgan fingerprint density at radius 1 is 1.73 bits per heavy atom. The molecule has 1 rings (SSSR count). The van der Waals surface area contributed by atoms with E-state index < -0.39 is 0 Å². The first-order chi connectivity index (χ1) is 5.15. The van der Waals surface area contributed by atoms with Crippen molar-refractivity contribution in [2.45, 2.75) is 0 Å². The number of methoxy groups -OCH3 is 1. The van der Waals surface area contributed by atoms with Gasteiger partial charge in [0, 0.05) is 6.07 Å². The Hall–Kier alpha value is -0.480. The van der Waals surface area contributed by atoms with Gasteiger partial charge in [0.1, 0.15) is 4.60 Å². The summed E-state index contributed by atoms with van der Waals surface area (Å²) >= 11 is 8.81. The van der Waals surface area contributed by atoms with Crippen LogP contribution in [0, 0.1) is 0 Å². The summed E-state index contributed by atoms with van der Waals surface area (Å²) < 4.78 is 5.42. The van der Waals surface area contributed by atoms with E-state index in [0.29, 0.717) is 21.2 Å². The number of hydrogen-bond donors (Lipinski definition) is 1. The predicted molar refractivity (Wildman–Crippen MR) is 47.9 cm³/mol. The molecule has 60 valence electrons. The van der Waals surface area contributed by atoms with Crippen LogP contribution >= 0.6 is 27.5 Å². The molecule has 0 bridgehead atoms. The van der Waals surface area contributed by atoms with E-state index in [1.165, 1.54) is 7.11 Å². The van der Waals surface area contributed by atoms with Crippen molar-refractivity contribution in [3.05, 3.63) is 15.8 Å². The fourth-order valence-corrected chi connectivity index (χ4v) is 1.22. The summed E-state index contributed by atoms with van der Waals surface area (Å²) in [5.74, 6) is 0.479. The maximum Gasteiger partial charge on any atom is 0.172 e. The van der Waals surface area contributed by atoms with Crippen LogP contribution in [0.3, 0.4) is 0 Å². The third-order valence-corrected chi connectivity index (χ3v) is 2.05. The van der Waals surface area contributed by atoms with E-state index in [0.717, 1.165) is 0 Å². The van der Waals surface area contributed by atoms with E-state index in [1.54, 1.807) is 6.07 Å². The molecule has 0 saturated heterocycles. The zero-order chi connectivity index (χ0) is 8.43. The number of hydrogen-bond acceptors (Lipinski definition) is 3. The Morgan fingerprint density at radius 3 is 2.91 bits per heavy atom. The standard InChI is InChI=1S/C6H6BrClN2O/c1-11-4-2-3(9)5(7)10-6(4)8/h2H,9H2,1H3. The molecule has 2 N–H and O–H groups in total. The van der Waals surface area contributed by atoms with Gasteiger partial charge in [-0.05, 0) is 15.9 Å².